The summed E-state index contributed by atoms with van der Waals surface area (Å²) in [6.45, 7) is 3.92. The van der Waals surface area contributed by atoms with Gasteiger partial charge in [0.1, 0.15) is 0 Å². The molecule has 0 spiro atoms. The van der Waals surface area contributed by atoms with Crippen molar-refractivity contribution < 1.29 is 9.53 Å². The Morgan fingerprint density at radius 2 is 2.11 bits per heavy atom. The summed E-state index contributed by atoms with van der Waals surface area (Å²) in [4.78, 5) is 16.1. The van der Waals surface area contributed by atoms with Crippen LogP contribution in [0, 0.1) is 0 Å². The van der Waals surface area contributed by atoms with Gasteiger partial charge in [-0.25, -0.2) is 0 Å². The summed E-state index contributed by atoms with van der Waals surface area (Å²) in [5.41, 5.74) is 0. The fourth-order valence-corrected chi connectivity index (χ4v) is 2.17. The third-order valence-corrected chi connectivity index (χ3v) is 3.50. The number of likely N-dealkylation sites (N-methyl/N-ethyl adjacent to an activating group) is 1. The quantitative estimate of drug-likeness (QED) is 0.616. The average molecular weight is 255 g/mol. The highest BCUT2D eigenvalue weighted by Gasteiger charge is 2.35. The van der Waals surface area contributed by atoms with Gasteiger partial charge in [-0.15, -0.1) is 0 Å². The van der Waals surface area contributed by atoms with Crippen molar-refractivity contribution in [1.29, 1.82) is 0 Å². The Balaban J connectivity index is 1.57. The van der Waals surface area contributed by atoms with Gasteiger partial charge in [0.25, 0.3) is 0 Å². The minimum atomic E-state index is 0.0688. The fraction of sp³-hybridized carbons (Fsp3) is 0.923. The lowest BCUT2D eigenvalue weighted by Gasteiger charge is -2.17. The van der Waals surface area contributed by atoms with E-state index in [-0.39, 0.29) is 11.9 Å². The van der Waals surface area contributed by atoms with Crippen LogP contribution < -0.4 is 5.32 Å². The van der Waals surface area contributed by atoms with Gasteiger partial charge in [-0.1, -0.05) is 0 Å². The number of carbonyl (C=O) groups excluding carboxylic acids is 1. The lowest BCUT2D eigenvalue weighted by atomic mass is 10.2. The SMILES string of the molecule is CN(C)CCOCCN1CCC(NC2CC2)C1=O. The second-order valence-corrected chi connectivity index (χ2v) is 5.52. The first-order valence-corrected chi connectivity index (χ1v) is 6.94. The highest BCUT2D eigenvalue weighted by atomic mass is 16.5. The average Bonchev–Trinajstić information content (AvgIpc) is 3.07. The molecular formula is C13H25N3O2. The normalized spacial score (nSPS) is 24.3. The van der Waals surface area contributed by atoms with Crippen LogP contribution in [0.3, 0.4) is 0 Å². The molecule has 5 nitrogen and oxygen atoms in total. The maximum atomic E-state index is 12.0. The zero-order valence-corrected chi connectivity index (χ0v) is 11.5. The van der Waals surface area contributed by atoms with Crippen LogP contribution >= 0.6 is 0 Å². The van der Waals surface area contributed by atoms with E-state index in [1.807, 2.05) is 19.0 Å². The lowest BCUT2D eigenvalue weighted by Crippen LogP contribution is -2.40. The van der Waals surface area contributed by atoms with Crippen molar-refractivity contribution in [3.63, 3.8) is 0 Å². The van der Waals surface area contributed by atoms with Gasteiger partial charge in [0.05, 0.1) is 19.3 Å². The van der Waals surface area contributed by atoms with E-state index in [9.17, 15) is 4.79 Å². The molecule has 1 saturated carbocycles. The Morgan fingerprint density at radius 3 is 2.78 bits per heavy atom. The number of ether oxygens (including phenoxy) is 1. The number of rotatable bonds is 8. The maximum Gasteiger partial charge on any atom is 0.239 e. The first kappa shape index (κ1) is 13.8. The molecule has 1 N–H and O–H groups in total. The zero-order chi connectivity index (χ0) is 13.0. The molecule has 18 heavy (non-hydrogen) atoms. The van der Waals surface area contributed by atoms with Crippen molar-refractivity contribution in [3.05, 3.63) is 0 Å². The molecule has 2 rings (SSSR count). The Kier molecular flexibility index (Phi) is 4.97. The number of likely N-dealkylation sites (tertiary alicyclic amines) is 1. The van der Waals surface area contributed by atoms with Crippen LogP contribution in [0.1, 0.15) is 19.3 Å². The Hall–Kier alpha value is -0.650. The molecule has 2 aliphatic rings. The summed E-state index contributed by atoms with van der Waals surface area (Å²) in [5, 5.41) is 3.41. The number of nitrogens with zero attached hydrogens (tertiary/aromatic N) is 2. The third-order valence-electron chi connectivity index (χ3n) is 3.50. The van der Waals surface area contributed by atoms with Crippen molar-refractivity contribution in [2.24, 2.45) is 0 Å². The maximum absolute atomic E-state index is 12.0. The minimum Gasteiger partial charge on any atom is -0.378 e. The molecule has 1 atom stereocenters. The summed E-state index contributed by atoms with van der Waals surface area (Å²) in [6.07, 6.45) is 3.42. The Morgan fingerprint density at radius 1 is 1.33 bits per heavy atom. The Bertz CT molecular complexity index is 279. The molecule has 0 aromatic rings. The number of carbonyl (C=O) groups is 1. The molecule has 5 heteroatoms. The van der Waals surface area contributed by atoms with Gasteiger partial charge in [0.15, 0.2) is 0 Å². The predicted molar refractivity (Wildman–Crippen MR) is 70.5 cm³/mol. The molecule has 1 unspecified atom stereocenters. The zero-order valence-electron chi connectivity index (χ0n) is 11.5. The van der Waals surface area contributed by atoms with E-state index in [1.54, 1.807) is 0 Å². The molecule has 104 valence electrons. The molecule has 1 aliphatic carbocycles. The van der Waals surface area contributed by atoms with Crippen LogP contribution in [0.4, 0.5) is 0 Å². The molecule has 0 aromatic heterocycles. The second kappa shape index (κ2) is 6.50. The largest absolute Gasteiger partial charge is 0.378 e. The number of amides is 1. The van der Waals surface area contributed by atoms with Crippen LogP contribution in [0.2, 0.25) is 0 Å². The van der Waals surface area contributed by atoms with Crippen LogP contribution in [0.25, 0.3) is 0 Å². The van der Waals surface area contributed by atoms with E-state index >= 15 is 0 Å². The second-order valence-electron chi connectivity index (χ2n) is 5.52. The number of hydrogen-bond donors (Lipinski definition) is 1. The number of hydrogen-bond acceptors (Lipinski definition) is 4. The van der Waals surface area contributed by atoms with Crippen molar-refractivity contribution in [1.82, 2.24) is 15.1 Å². The van der Waals surface area contributed by atoms with Gasteiger partial charge in [-0.05, 0) is 33.4 Å². The summed E-state index contributed by atoms with van der Waals surface area (Å²) in [6, 6.07) is 0.675. The monoisotopic (exact) mass is 255 g/mol. The predicted octanol–water partition coefficient (Wildman–Crippen LogP) is -0.0825. The van der Waals surface area contributed by atoms with Gasteiger partial charge in [-0.2, -0.15) is 0 Å². The van der Waals surface area contributed by atoms with Crippen LogP contribution in [0.15, 0.2) is 0 Å². The molecule has 0 radical (unpaired) electrons. The van der Waals surface area contributed by atoms with Crippen LogP contribution in [-0.4, -0.2) is 74.7 Å². The van der Waals surface area contributed by atoms with E-state index in [2.05, 4.69) is 10.2 Å². The molecule has 0 bridgehead atoms. The molecule has 1 saturated heterocycles. The van der Waals surface area contributed by atoms with Gasteiger partial charge in [0, 0.05) is 25.7 Å². The van der Waals surface area contributed by atoms with Crippen LogP contribution in [-0.2, 0) is 9.53 Å². The van der Waals surface area contributed by atoms with E-state index in [0.717, 1.165) is 32.7 Å². The first-order chi connectivity index (χ1) is 8.66. The fourth-order valence-electron chi connectivity index (χ4n) is 2.17. The van der Waals surface area contributed by atoms with Crippen molar-refractivity contribution in [2.45, 2.75) is 31.3 Å². The molecule has 0 aromatic carbocycles. The topological polar surface area (TPSA) is 44.8 Å². The van der Waals surface area contributed by atoms with Gasteiger partial charge >= 0.3 is 0 Å². The summed E-state index contributed by atoms with van der Waals surface area (Å²) >= 11 is 0. The third kappa shape index (κ3) is 4.23. The smallest absolute Gasteiger partial charge is 0.239 e. The standard InChI is InChI=1S/C13H25N3O2/c1-15(2)7-9-18-10-8-16-6-5-12(13(16)17)14-11-3-4-11/h11-12,14H,3-10H2,1-2H3. The lowest BCUT2D eigenvalue weighted by molar-refractivity contribution is -0.130. The highest BCUT2D eigenvalue weighted by molar-refractivity contribution is 5.84. The van der Waals surface area contributed by atoms with Crippen molar-refractivity contribution in [2.75, 3.05) is 46.9 Å². The summed E-state index contributed by atoms with van der Waals surface area (Å²) < 4.78 is 5.53. The van der Waals surface area contributed by atoms with E-state index in [4.69, 9.17) is 4.74 Å². The summed E-state index contributed by atoms with van der Waals surface area (Å²) in [7, 11) is 4.06. The van der Waals surface area contributed by atoms with E-state index < -0.39 is 0 Å². The van der Waals surface area contributed by atoms with Crippen molar-refractivity contribution >= 4 is 5.91 Å². The van der Waals surface area contributed by atoms with E-state index in [1.165, 1.54) is 12.8 Å². The number of nitrogens with one attached hydrogen (secondary N) is 1. The van der Waals surface area contributed by atoms with Crippen molar-refractivity contribution in [3.8, 4) is 0 Å². The Labute approximate surface area is 109 Å². The van der Waals surface area contributed by atoms with Gasteiger partial charge in [-0.3, -0.25) is 4.79 Å². The van der Waals surface area contributed by atoms with Crippen LogP contribution in [0.5, 0.6) is 0 Å². The molecule has 1 amide bonds. The molecule has 2 fully saturated rings. The first-order valence-electron chi connectivity index (χ1n) is 6.94. The highest BCUT2D eigenvalue weighted by Crippen LogP contribution is 2.22. The molecular weight excluding hydrogens is 230 g/mol. The summed E-state index contributed by atoms with van der Waals surface area (Å²) in [5.74, 6) is 0.262. The molecule has 1 aliphatic heterocycles. The molecule has 1 heterocycles. The van der Waals surface area contributed by atoms with E-state index in [0.29, 0.717) is 12.6 Å². The minimum absolute atomic E-state index is 0.0688. The van der Waals surface area contributed by atoms with Gasteiger partial charge in [0.2, 0.25) is 5.91 Å². The van der Waals surface area contributed by atoms with Gasteiger partial charge < -0.3 is 19.9 Å².